The topological polar surface area (TPSA) is 77.3 Å². The fraction of sp³-hybridized carbons (Fsp3) is 0.150. The van der Waals surface area contributed by atoms with Gasteiger partial charge in [0.1, 0.15) is 6.04 Å². The molecule has 3 aromatic rings. The van der Waals surface area contributed by atoms with Crippen LogP contribution in [0.1, 0.15) is 23.7 Å². The zero-order valence-electron chi connectivity index (χ0n) is 14.3. The summed E-state index contributed by atoms with van der Waals surface area (Å²) in [5.41, 5.74) is 2.75. The van der Waals surface area contributed by atoms with Crippen LogP contribution < -0.4 is 4.72 Å². The van der Waals surface area contributed by atoms with Crippen molar-refractivity contribution in [2.75, 3.05) is 0 Å². The van der Waals surface area contributed by atoms with E-state index < -0.39 is 23.4 Å². The number of hydrogen-bond acceptors (Lipinski definition) is 3. The van der Waals surface area contributed by atoms with Crippen molar-refractivity contribution >= 4 is 17.3 Å². The molecular formula is C20H20N2O3S. The first-order valence-electron chi connectivity index (χ1n) is 8.23. The Kier molecular flexibility index (Phi) is 5.78. The highest BCUT2D eigenvalue weighted by Gasteiger charge is 2.25. The van der Waals surface area contributed by atoms with Gasteiger partial charge in [-0.25, -0.2) is 0 Å². The molecule has 134 valence electrons. The Labute approximate surface area is 155 Å². The van der Waals surface area contributed by atoms with Crippen molar-refractivity contribution in [3.8, 4) is 5.69 Å². The number of carbonyl (C=O) groups is 1. The minimum Gasteiger partial charge on any atom is -0.593 e. The molecule has 0 fully saturated rings. The molecule has 1 aromatic heterocycles. The number of hydrogen-bond donors (Lipinski definition) is 2. The highest BCUT2D eigenvalue weighted by atomic mass is 32.2. The summed E-state index contributed by atoms with van der Waals surface area (Å²) in [6.45, 7) is 1.96. The van der Waals surface area contributed by atoms with E-state index in [1.54, 1.807) is 12.1 Å². The average Bonchev–Trinajstić information content (AvgIpc) is 3.12. The van der Waals surface area contributed by atoms with Gasteiger partial charge in [-0.15, -0.1) is 4.72 Å². The largest absolute Gasteiger partial charge is 0.593 e. The van der Waals surface area contributed by atoms with Crippen LogP contribution in [0.5, 0.6) is 0 Å². The van der Waals surface area contributed by atoms with Crippen molar-refractivity contribution in [1.82, 2.24) is 9.29 Å². The molecule has 1 heterocycles. The molecule has 26 heavy (non-hydrogen) atoms. The molecule has 1 unspecified atom stereocenters. The Morgan fingerprint density at radius 2 is 1.81 bits per heavy atom. The molecule has 0 radical (unpaired) electrons. The second kappa shape index (κ2) is 8.23. The lowest BCUT2D eigenvalue weighted by Crippen LogP contribution is -2.31. The number of aryl methyl sites for hydroxylation is 1. The quantitative estimate of drug-likeness (QED) is 0.625. The lowest BCUT2D eigenvalue weighted by Gasteiger charge is -2.21. The van der Waals surface area contributed by atoms with Crippen LogP contribution in [0.4, 0.5) is 0 Å². The van der Waals surface area contributed by atoms with Crippen molar-refractivity contribution in [1.29, 1.82) is 0 Å². The molecular weight excluding hydrogens is 348 g/mol. The molecule has 3 rings (SSSR count). The smallest absolute Gasteiger partial charge is 0.305 e. The Hall–Kier alpha value is -2.54. The van der Waals surface area contributed by atoms with Gasteiger partial charge in [0, 0.05) is 17.6 Å². The molecule has 2 atom stereocenters. The number of nitrogens with zero attached hydrogens (tertiary/aromatic N) is 1. The maximum atomic E-state index is 12.7. The van der Waals surface area contributed by atoms with Gasteiger partial charge in [0.2, 0.25) is 0 Å². The lowest BCUT2D eigenvalue weighted by molar-refractivity contribution is -0.137. The Morgan fingerprint density at radius 1 is 1.12 bits per heavy atom. The van der Waals surface area contributed by atoms with E-state index in [0.29, 0.717) is 4.90 Å². The van der Waals surface area contributed by atoms with Gasteiger partial charge in [0.05, 0.1) is 17.8 Å². The summed E-state index contributed by atoms with van der Waals surface area (Å²) in [7, 11) is 0. The van der Waals surface area contributed by atoms with E-state index in [1.807, 2.05) is 72.3 Å². The summed E-state index contributed by atoms with van der Waals surface area (Å²) in [5.74, 6) is -0.954. The van der Waals surface area contributed by atoms with Crippen LogP contribution in [0.25, 0.3) is 5.69 Å². The molecule has 5 nitrogen and oxygen atoms in total. The van der Waals surface area contributed by atoms with E-state index >= 15 is 0 Å². The second-order valence-corrected chi connectivity index (χ2v) is 7.23. The number of rotatable bonds is 7. The maximum absolute atomic E-state index is 12.7. The number of aliphatic carboxylic acids is 1. The van der Waals surface area contributed by atoms with Gasteiger partial charge >= 0.3 is 5.97 Å². The van der Waals surface area contributed by atoms with Gasteiger partial charge in [-0.05, 0) is 43.3 Å². The first-order valence-corrected chi connectivity index (χ1v) is 9.38. The van der Waals surface area contributed by atoms with Crippen LogP contribution in [0, 0.1) is 6.92 Å². The number of benzene rings is 2. The van der Waals surface area contributed by atoms with Crippen LogP contribution in [0.2, 0.25) is 0 Å². The van der Waals surface area contributed by atoms with E-state index in [9.17, 15) is 14.5 Å². The summed E-state index contributed by atoms with van der Waals surface area (Å²) < 4.78 is 17.6. The number of carboxylic acid groups (broad SMARTS) is 1. The molecule has 6 heteroatoms. The summed E-state index contributed by atoms with van der Waals surface area (Å²) in [5, 5.41) is 9.32. The summed E-state index contributed by atoms with van der Waals surface area (Å²) >= 11 is -1.51. The van der Waals surface area contributed by atoms with E-state index in [1.165, 1.54) is 0 Å². The molecule has 2 aromatic carbocycles. The van der Waals surface area contributed by atoms with Gasteiger partial charge in [0.15, 0.2) is 4.90 Å². The molecule has 2 N–H and O–H groups in total. The van der Waals surface area contributed by atoms with Crippen LogP contribution >= 0.6 is 0 Å². The highest BCUT2D eigenvalue weighted by molar-refractivity contribution is 7.89. The summed E-state index contributed by atoms with van der Waals surface area (Å²) in [4.78, 5) is 12.0. The minimum atomic E-state index is -1.51. The first kappa shape index (κ1) is 18.3. The zero-order valence-corrected chi connectivity index (χ0v) is 15.1. The number of nitrogens with one attached hydrogen (secondary N) is 1. The third-order valence-electron chi connectivity index (χ3n) is 4.03. The van der Waals surface area contributed by atoms with Gasteiger partial charge < -0.3 is 14.2 Å². The maximum Gasteiger partial charge on any atom is 0.305 e. The van der Waals surface area contributed by atoms with Crippen LogP contribution in [0.3, 0.4) is 0 Å². The van der Waals surface area contributed by atoms with Gasteiger partial charge in [-0.1, -0.05) is 35.9 Å². The van der Waals surface area contributed by atoms with Gasteiger partial charge in [0.25, 0.3) is 0 Å². The fourth-order valence-corrected chi connectivity index (χ4v) is 3.72. The molecule has 0 spiro atoms. The molecule has 0 aliphatic heterocycles. The van der Waals surface area contributed by atoms with Gasteiger partial charge in [-0.3, -0.25) is 4.79 Å². The number of aromatic nitrogens is 1. The number of carboxylic acids is 1. The minimum absolute atomic E-state index is 0.172. The van der Waals surface area contributed by atoms with Crippen molar-refractivity contribution in [3.63, 3.8) is 0 Å². The SMILES string of the molecule is Cc1ccc([S@@+]([O-])NC(CC(=O)O)c2cccn2-c2ccccc2)cc1. The normalized spacial score (nSPS) is 13.3. The molecule has 0 saturated carbocycles. The highest BCUT2D eigenvalue weighted by Crippen LogP contribution is 2.24. The third-order valence-corrected chi connectivity index (χ3v) is 5.23. The van der Waals surface area contributed by atoms with E-state index in [0.717, 1.165) is 16.9 Å². The number of para-hydroxylation sites is 1. The van der Waals surface area contributed by atoms with Gasteiger partial charge in [-0.2, -0.15) is 0 Å². The third kappa shape index (κ3) is 4.35. The van der Waals surface area contributed by atoms with E-state index in [4.69, 9.17) is 0 Å². The van der Waals surface area contributed by atoms with Crippen LogP contribution in [0.15, 0.2) is 77.8 Å². The van der Waals surface area contributed by atoms with E-state index in [2.05, 4.69) is 4.72 Å². The van der Waals surface area contributed by atoms with Crippen molar-refractivity contribution < 1.29 is 14.5 Å². The standard InChI is InChI=1S/C20H20N2O3S/c1-15-9-11-17(12-10-15)26(25)21-18(14-20(23)24)19-8-5-13-22(19)16-6-3-2-4-7-16/h2-13,18,21H,14H2,1H3,(H,23,24)/t18?,26-/m1/s1. The Morgan fingerprint density at radius 3 is 2.46 bits per heavy atom. The zero-order chi connectivity index (χ0) is 18.5. The molecule has 0 bridgehead atoms. The second-order valence-electron chi connectivity index (χ2n) is 5.99. The molecule has 0 amide bonds. The van der Waals surface area contributed by atoms with Crippen molar-refractivity contribution in [3.05, 3.63) is 84.2 Å². The monoisotopic (exact) mass is 368 g/mol. The van der Waals surface area contributed by atoms with E-state index in [-0.39, 0.29) is 6.42 Å². The average molecular weight is 368 g/mol. The summed E-state index contributed by atoms with van der Waals surface area (Å²) in [6, 6.07) is 20.1. The fourth-order valence-electron chi connectivity index (χ4n) is 2.74. The molecule has 0 aliphatic rings. The summed E-state index contributed by atoms with van der Waals surface area (Å²) in [6.07, 6.45) is 1.70. The van der Waals surface area contributed by atoms with Crippen LogP contribution in [-0.2, 0) is 16.2 Å². The van der Waals surface area contributed by atoms with Crippen molar-refractivity contribution in [2.45, 2.75) is 24.3 Å². The van der Waals surface area contributed by atoms with Crippen molar-refractivity contribution in [2.24, 2.45) is 0 Å². The Balaban J connectivity index is 1.88. The Bertz CT molecular complexity index is 862. The first-order chi connectivity index (χ1) is 12.5. The van der Waals surface area contributed by atoms with Crippen LogP contribution in [-0.4, -0.2) is 20.2 Å². The predicted molar refractivity (Wildman–Crippen MR) is 101 cm³/mol. The molecule has 0 saturated heterocycles. The molecule has 0 aliphatic carbocycles. The lowest BCUT2D eigenvalue weighted by atomic mass is 10.1. The predicted octanol–water partition coefficient (Wildman–Crippen LogP) is 3.61.